The van der Waals surface area contributed by atoms with Gasteiger partial charge in [-0.05, 0) is 86.4 Å². The molecule has 2 unspecified atom stereocenters. The van der Waals surface area contributed by atoms with Crippen molar-refractivity contribution in [3.63, 3.8) is 0 Å². The lowest BCUT2D eigenvalue weighted by atomic mass is 9.56. The highest BCUT2D eigenvalue weighted by Gasteiger charge is 2.56. The lowest BCUT2D eigenvalue weighted by Crippen LogP contribution is -2.39. The van der Waals surface area contributed by atoms with Crippen molar-refractivity contribution >= 4 is 0 Å². The van der Waals surface area contributed by atoms with Crippen LogP contribution in [0.15, 0.2) is 12.2 Å². The molecule has 0 aromatic rings. The van der Waals surface area contributed by atoms with Gasteiger partial charge in [-0.2, -0.15) is 0 Å². The largest absolute Gasteiger partial charge is 0.0882 e. The third-order valence-electron chi connectivity index (χ3n) is 8.69. The minimum absolute atomic E-state index is 0.770. The molecule has 130 valence electrons. The molecule has 0 aromatic heterocycles. The van der Waals surface area contributed by atoms with Crippen molar-refractivity contribution in [2.24, 2.45) is 28.6 Å². The Hall–Kier alpha value is -0.260. The Morgan fingerprint density at radius 1 is 0.826 bits per heavy atom. The summed E-state index contributed by atoms with van der Waals surface area (Å²) < 4.78 is 0. The molecule has 0 aliphatic heterocycles. The van der Waals surface area contributed by atoms with Crippen LogP contribution in [-0.4, -0.2) is 0 Å². The Labute approximate surface area is 144 Å². The van der Waals surface area contributed by atoms with Crippen LogP contribution in [0.1, 0.15) is 103 Å². The quantitative estimate of drug-likeness (QED) is 0.480. The molecule has 4 aliphatic rings. The maximum Gasteiger partial charge on any atom is -0.0205 e. The summed E-state index contributed by atoms with van der Waals surface area (Å²) in [4.78, 5) is 0. The van der Waals surface area contributed by atoms with Crippen LogP contribution in [0.25, 0.3) is 0 Å². The van der Waals surface area contributed by atoms with Crippen LogP contribution in [-0.2, 0) is 0 Å². The highest BCUT2D eigenvalue weighted by Crippen LogP contribution is 2.66. The van der Waals surface area contributed by atoms with Crippen molar-refractivity contribution in [1.29, 1.82) is 0 Å². The van der Waals surface area contributed by atoms with Crippen LogP contribution in [0, 0.1) is 28.6 Å². The average molecular weight is 315 g/mol. The molecular formula is C23H38. The summed E-state index contributed by atoms with van der Waals surface area (Å²) in [6.07, 6.45) is 28.0. The van der Waals surface area contributed by atoms with E-state index in [1.807, 2.05) is 0 Å². The molecule has 2 spiro atoms. The molecule has 3 fully saturated rings. The Kier molecular flexibility index (Phi) is 4.63. The first-order chi connectivity index (χ1) is 11.2. The second kappa shape index (κ2) is 6.57. The molecule has 0 radical (unpaired) electrons. The van der Waals surface area contributed by atoms with Crippen molar-refractivity contribution in [3.8, 4) is 0 Å². The molecule has 3 saturated carbocycles. The Morgan fingerprint density at radius 2 is 1.39 bits per heavy atom. The standard InChI is InChI=1S/C23H38/c1-19(20-10-4-5-11-20)18-21-22(12-6-2-7-13-22)16-17-23(21)14-8-3-9-15-23/h4,10,19-21H,2-3,5-9,11-18H2,1H3. The molecule has 2 atom stereocenters. The van der Waals surface area contributed by atoms with Crippen molar-refractivity contribution < 1.29 is 0 Å². The van der Waals surface area contributed by atoms with Gasteiger partial charge in [0, 0.05) is 0 Å². The third kappa shape index (κ3) is 2.93. The lowest BCUT2D eigenvalue weighted by Gasteiger charge is -2.48. The zero-order valence-corrected chi connectivity index (χ0v) is 15.5. The van der Waals surface area contributed by atoms with Gasteiger partial charge in [0.2, 0.25) is 0 Å². The van der Waals surface area contributed by atoms with Crippen LogP contribution in [0.3, 0.4) is 0 Å². The van der Waals surface area contributed by atoms with E-state index < -0.39 is 0 Å². The van der Waals surface area contributed by atoms with Crippen molar-refractivity contribution in [2.75, 3.05) is 0 Å². The number of rotatable bonds is 3. The molecule has 0 aromatic carbocycles. The van der Waals surface area contributed by atoms with Gasteiger partial charge in [0.25, 0.3) is 0 Å². The van der Waals surface area contributed by atoms with Gasteiger partial charge in [-0.3, -0.25) is 0 Å². The Balaban J connectivity index is 1.56. The van der Waals surface area contributed by atoms with Crippen LogP contribution < -0.4 is 0 Å². The molecule has 4 aliphatic carbocycles. The predicted molar refractivity (Wildman–Crippen MR) is 99.4 cm³/mol. The zero-order valence-electron chi connectivity index (χ0n) is 15.5. The fourth-order valence-electron chi connectivity index (χ4n) is 7.38. The van der Waals surface area contributed by atoms with Gasteiger partial charge in [0.1, 0.15) is 0 Å². The van der Waals surface area contributed by atoms with E-state index >= 15 is 0 Å². The summed E-state index contributed by atoms with van der Waals surface area (Å²) in [5, 5.41) is 0. The van der Waals surface area contributed by atoms with Gasteiger partial charge in [-0.1, -0.05) is 57.6 Å². The molecule has 0 nitrogen and oxygen atoms in total. The van der Waals surface area contributed by atoms with Gasteiger partial charge >= 0.3 is 0 Å². The van der Waals surface area contributed by atoms with E-state index in [2.05, 4.69) is 19.1 Å². The lowest BCUT2D eigenvalue weighted by molar-refractivity contribution is 0.0157. The van der Waals surface area contributed by atoms with E-state index in [1.165, 1.54) is 51.4 Å². The molecule has 0 heterocycles. The van der Waals surface area contributed by atoms with Crippen LogP contribution in [0.4, 0.5) is 0 Å². The first kappa shape index (κ1) is 16.2. The molecule has 0 saturated heterocycles. The van der Waals surface area contributed by atoms with Gasteiger partial charge in [-0.25, -0.2) is 0 Å². The van der Waals surface area contributed by atoms with E-state index in [4.69, 9.17) is 0 Å². The van der Waals surface area contributed by atoms with Gasteiger partial charge < -0.3 is 0 Å². The number of hydrogen-bond donors (Lipinski definition) is 0. The second-order valence-corrected chi connectivity index (χ2v) is 9.78. The highest BCUT2D eigenvalue weighted by molar-refractivity contribution is 5.07. The smallest absolute Gasteiger partial charge is 0.0205 e. The second-order valence-electron chi connectivity index (χ2n) is 9.78. The molecule has 23 heavy (non-hydrogen) atoms. The molecule has 0 N–H and O–H groups in total. The monoisotopic (exact) mass is 314 g/mol. The number of hydrogen-bond acceptors (Lipinski definition) is 0. The average Bonchev–Trinajstić information content (AvgIpc) is 3.21. The van der Waals surface area contributed by atoms with E-state index in [0.717, 1.165) is 28.6 Å². The first-order valence-electron chi connectivity index (χ1n) is 10.9. The van der Waals surface area contributed by atoms with Gasteiger partial charge in [0.15, 0.2) is 0 Å². The summed E-state index contributed by atoms with van der Waals surface area (Å²) in [5.41, 5.74) is 1.54. The maximum atomic E-state index is 2.59. The number of allylic oxidation sites excluding steroid dienone is 2. The molecule has 0 amide bonds. The Morgan fingerprint density at radius 3 is 1.87 bits per heavy atom. The third-order valence-corrected chi connectivity index (χ3v) is 8.69. The zero-order chi connectivity index (χ0) is 15.8. The van der Waals surface area contributed by atoms with E-state index in [-0.39, 0.29) is 0 Å². The fraction of sp³-hybridized carbons (Fsp3) is 0.913. The topological polar surface area (TPSA) is 0 Å². The van der Waals surface area contributed by atoms with Crippen molar-refractivity contribution in [2.45, 2.75) is 103 Å². The van der Waals surface area contributed by atoms with Crippen LogP contribution >= 0.6 is 0 Å². The minimum atomic E-state index is 0.770. The predicted octanol–water partition coefficient (Wildman–Crippen LogP) is 7.29. The summed E-state index contributed by atoms with van der Waals surface area (Å²) in [7, 11) is 0. The van der Waals surface area contributed by atoms with E-state index in [0.29, 0.717) is 0 Å². The summed E-state index contributed by atoms with van der Waals surface area (Å²) >= 11 is 0. The fourth-order valence-corrected chi connectivity index (χ4v) is 7.38. The van der Waals surface area contributed by atoms with Crippen molar-refractivity contribution in [3.05, 3.63) is 12.2 Å². The summed E-state index contributed by atoms with van der Waals surface area (Å²) in [6, 6.07) is 0. The van der Waals surface area contributed by atoms with Gasteiger partial charge in [-0.15, -0.1) is 0 Å². The SMILES string of the molecule is CC(CC1C2(CCCCC2)CCC12CCCCC2)C1C=CCC1. The first-order valence-corrected chi connectivity index (χ1v) is 10.9. The van der Waals surface area contributed by atoms with Crippen LogP contribution in [0.5, 0.6) is 0 Å². The molecule has 0 bridgehead atoms. The normalized spacial score (nSPS) is 34.4. The molecule has 0 heteroatoms. The summed E-state index contributed by atoms with van der Waals surface area (Å²) in [6.45, 7) is 2.59. The van der Waals surface area contributed by atoms with E-state index in [9.17, 15) is 0 Å². The minimum Gasteiger partial charge on any atom is -0.0882 e. The Bertz CT molecular complexity index is 393. The summed E-state index contributed by atoms with van der Waals surface area (Å²) in [5.74, 6) is 2.89. The molecule has 4 rings (SSSR count). The van der Waals surface area contributed by atoms with Crippen molar-refractivity contribution in [1.82, 2.24) is 0 Å². The maximum absolute atomic E-state index is 2.59. The highest BCUT2D eigenvalue weighted by atomic mass is 14.6. The molecular weight excluding hydrogens is 276 g/mol. The van der Waals surface area contributed by atoms with E-state index in [1.54, 1.807) is 44.9 Å². The van der Waals surface area contributed by atoms with Gasteiger partial charge in [0.05, 0.1) is 0 Å². The van der Waals surface area contributed by atoms with Crippen LogP contribution in [0.2, 0.25) is 0 Å².